The summed E-state index contributed by atoms with van der Waals surface area (Å²) in [6, 6.07) is 5.61. The van der Waals surface area contributed by atoms with Crippen LogP contribution in [0.1, 0.15) is 168 Å². The lowest BCUT2D eigenvalue weighted by Crippen LogP contribution is -2.50. The highest BCUT2D eigenvalue weighted by molar-refractivity contribution is 6.75. The van der Waals surface area contributed by atoms with Crippen LogP contribution in [0.4, 0.5) is 0 Å². The molecule has 5 aromatic heterocycles. The predicted octanol–water partition coefficient (Wildman–Crippen LogP) is 6.16. The number of carbonyl (C=O) groups is 5. The summed E-state index contributed by atoms with van der Waals surface area (Å²) >= 11 is 0. The summed E-state index contributed by atoms with van der Waals surface area (Å²) in [7, 11) is -14.9. The molecule has 10 heterocycles. The van der Waals surface area contributed by atoms with Crippen LogP contribution in [-0.4, -0.2) is 219 Å². The Balaban J connectivity index is 0.995. The Morgan fingerprint density at radius 1 is 0.358 bits per heavy atom. The first kappa shape index (κ1) is 107. The maximum atomic E-state index is 15.7. The maximum Gasteiger partial charge on any atom is 0.330 e. The van der Waals surface area contributed by atoms with Crippen LogP contribution >= 0.6 is 0 Å². The van der Waals surface area contributed by atoms with Gasteiger partial charge in [-0.2, -0.15) is 0 Å². The van der Waals surface area contributed by atoms with Gasteiger partial charge < -0.3 is 71.8 Å². The number of azide groups is 1. The molecule has 4 amide bonds. The lowest BCUT2D eigenvalue weighted by atomic mass is 9.91. The Morgan fingerprint density at radius 3 is 0.791 bits per heavy atom. The molecule has 0 spiro atoms. The van der Waals surface area contributed by atoms with E-state index in [1.165, 1.54) is 31.0 Å². The number of aromatic nitrogens is 10. The van der Waals surface area contributed by atoms with Gasteiger partial charge in [-0.15, -0.1) is 0 Å². The van der Waals surface area contributed by atoms with Crippen LogP contribution < -0.4 is 77.5 Å². The molecule has 5 saturated heterocycles. The molecule has 0 bridgehead atoms. The fourth-order valence-electron chi connectivity index (χ4n) is 16.0. The van der Waals surface area contributed by atoms with Crippen molar-refractivity contribution in [2.45, 2.75) is 319 Å². The van der Waals surface area contributed by atoms with Crippen molar-refractivity contribution in [3.8, 4) is 0 Å². The van der Waals surface area contributed by atoms with Crippen molar-refractivity contribution in [3.63, 3.8) is 0 Å². The lowest BCUT2D eigenvalue weighted by molar-refractivity contribution is -0.152. The molecule has 0 radical (unpaired) electrons. The summed E-state index contributed by atoms with van der Waals surface area (Å²) in [5.41, 5.74) is 1.71. The summed E-state index contributed by atoms with van der Waals surface area (Å²) in [5.74, 6) is -8.82. The fraction of sp³-hybridized carbons (Fsp3) is 0.709. The topological polar surface area (TPSA) is 558 Å². The van der Waals surface area contributed by atoms with Gasteiger partial charge in [-0.25, -0.2) is 24.0 Å². The molecule has 134 heavy (non-hydrogen) atoms. The average molecular weight is 1970 g/mol. The Labute approximate surface area is 779 Å². The first-order valence-electron chi connectivity index (χ1n) is 45.4. The molecular formula is C86H137N17O26Si5. The summed E-state index contributed by atoms with van der Waals surface area (Å²) in [6.45, 7) is 49.0. The number of carbonyl (C=O) groups excluding carboxylic acids is 5. The standard InChI is InChI=1S/C86H137N17O26Si5/c1-27-119-76(113)65-55(124-75(103-37-32-60(108)97-81(103)118)70(65)129-134(25,26)86(14,15)16)45-91-64(112)40-49-53(122-73(101-35-30-58(106)95-79(101)116)68(49)127-132(21,22)84(8,9)10)43-89-62(110)38-47-51(120-71(99-33-28-56(104)93-77(99)114)66(47)125-130(17,18)82(2,3)4)42-88-61(109)39-48-52(121-72(100-34-29-57(105)94-78(100)115)67(48)126-131(19,20)83(5,6)7)44-90-63(111)41-50-54(46-92-98-87)123-74(102-36-31-59(107)96-80(102)117)69(50)128-133(23,24)85(11,12)13/h28-37,47-55,65-75H,27,38-46H2,1-26H3,(H,88,109)(H,89,110)(H,90,111)(H,91,112)(H,93,104,114)(H,94,105,115)(H,95,106,116)(H,96,107,117)(H,97,108,118)/t47-,48-,49-,50-,51-,52-,53-,54-,55-,65-,66-,67-,68-,69-,70-,71-,72-,73-,74-,75-/m1/s1. The Hall–Kier alpha value is -9.26. The Kier molecular flexibility index (Phi) is 32.8. The molecular weight excluding hydrogens is 1830 g/mol. The summed E-state index contributed by atoms with van der Waals surface area (Å²) in [5, 5.41) is 13.3. The number of H-pyrrole nitrogens is 5. The first-order valence-corrected chi connectivity index (χ1v) is 59.9. The normalized spacial score (nSPS) is 26.7. The van der Waals surface area contributed by atoms with E-state index < -0.39 is 307 Å². The van der Waals surface area contributed by atoms with Gasteiger partial charge in [0, 0.05) is 142 Å². The third kappa shape index (κ3) is 24.5. The van der Waals surface area contributed by atoms with Crippen LogP contribution in [0, 0.1) is 29.6 Å². The largest absolute Gasteiger partial charge is 0.466 e. The monoisotopic (exact) mass is 1960 g/mol. The molecule has 0 aromatic carbocycles. The van der Waals surface area contributed by atoms with E-state index in [0.717, 1.165) is 53.2 Å². The third-order valence-electron chi connectivity index (χ3n) is 28.7. The van der Waals surface area contributed by atoms with Gasteiger partial charge in [-0.1, -0.05) is 109 Å². The smallest absolute Gasteiger partial charge is 0.330 e. The number of aromatic amines is 5. The van der Waals surface area contributed by atoms with Gasteiger partial charge in [0.1, 0.15) is 12.0 Å². The minimum atomic E-state index is -3.07. The molecule has 0 aliphatic carbocycles. The SMILES string of the molecule is CCOC(=O)[C@H]1[C@@H](O[Si](C)(C)C(C)(C)C)[C@H](n2ccc(=O)[nH]c2=O)O[C@@H]1CNC(=O)C[C@H]1[C@@H](O[Si](C)(C)C(C)(C)C)[C@H](n2ccc(=O)[nH]c2=O)O[C@@H]1CNC(=O)C[C@H]1[C@@H](O[Si](C)(C)C(C)(C)C)[C@H](n2ccc(=O)[nH]c2=O)O[C@@H]1CNC(=O)C[C@H]1[C@@H](O[Si](C)(C)C(C)(C)C)[C@H](n2ccc(=O)[nH]c2=O)O[C@@H]1CNC(=O)C[C@H]1[C@@H](O[Si](C)(C)C(C)(C)C)[C@H](n2ccc(=O)[nH]c2=O)O[C@@H]1CN=[N+]=[N-]. The minimum absolute atomic E-state index is 0.0630. The van der Waals surface area contributed by atoms with Gasteiger partial charge >= 0.3 is 34.4 Å². The lowest BCUT2D eigenvalue weighted by Gasteiger charge is -2.41. The second-order valence-electron chi connectivity index (χ2n) is 43.0. The Bertz CT molecular complexity index is 5780. The van der Waals surface area contributed by atoms with Crippen molar-refractivity contribution in [1.29, 1.82) is 0 Å². The molecule has 43 nitrogen and oxygen atoms in total. The van der Waals surface area contributed by atoms with Gasteiger partial charge in [0.15, 0.2) is 72.7 Å². The van der Waals surface area contributed by atoms with Crippen LogP contribution in [0.15, 0.2) is 114 Å². The maximum absolute atomic E-state index is 15.7. The molecule has 10 rings (SSSR count). The molecule has 0 saturated carbocycles. The molecule has 5 aliphatic heterocycles. The second kappa shape index (κ2) is 41.2. The van der Waals surface area contributed by atoms with Crippen LogP contribution in [0.2, 0.25) is 90.7 Å². The van der Waals surface area contributed by atoms with Crippen molar-refractivity contribution in [1.82, 2.24) is 69.0 Å². The quantitative estimate of drug-likeness (QED) is 0.00721. The van der Waals surface area contributed by atoms with E-state index in [4.69, 9.17) is 50.6 Å². The van der Waals surface area contributed by atoms with Crippen molar-refractivity contribution < 1.29 is 74.5 Å². The van der Waals surface area contributed by atoms with E-state index in [2.05, 4.69) is 56.2 Å². The highest BCUT2D eigenvalue weighted by Crippen LogP contribution is 2.51. The van der Waals surface area contributed by atoms with Crippen molar-refractivity contribution in [3.05, 3.63) is 176 Å². The van der Waals surface area contributed by atoms with E-state index >= 15 is 19.2 Å². The summed E-state index contributed by atoms with van der Waals surface area (Å²) in [6.07, 6.45) is -14.1. The number of nitrogens with one attached hydrogen (secondary N) is 9. The van der Waals surface area contributed by atoms with Crippen LogP contribution in [0.25, 0.3) is 10.4 Å². The Morgan fingerprint density at radius 2 is 0.567 bits per heavy atom. The van der Waals surface area contributed by atoms with Crippen LogP contribution in [-0.2, 0) is 74.5 Å². The van der Waals surface area contributed by atoms with Crippen LogP contribution in [0.3, 0.4) is 0 Å². The number of ether oxygens (including phenoxy) is 6. The van der Waals surface area contributed by atoms with E-state index in [1.54, 1.807) is 6.92 Å². The zero-order valence-electron chi connectivity index (χ0n) is 81.6. The van der Waals surface area contributed by atoms with Gasteiger partial charge in [0.2, 0.25) is 23.6 Å². The highest BCUT2D eigenvalue weighted by atomic mass is 28.4. The molecule has 9 N–H and O–H groups in total. The van der Waals surface area contributed by atoms with E-state index in [9.17, 15) is 58.3 Å². The molecule has 742 valence electrons. The molecule has 5 aromatic rings. The number of amides is 4. The molecule has 0 unspecified atom stereocenters. The van der Waals surface area contributed by atoms with Gasteiger partial charge in [0.05, 0.1) is 68.1 Å². The van der Waals surface area contributed by atoms with Crippen molar-refractivity contribution in [2.24, 2.45) is 34.7 Å². The van der Waals surface area contributed by atoms with Gasteiger partial charge in [0.25, 0.3) is 27.8 Å². The fourth-order valence-corrected chi connectivity index (χ4v) is 22.6. The van der Waals surface area contributed by atoms with Crippen LogP contribution in [0.5, 0.6) is 0 Å². The second-order valence-corrected chi connectivity index (χ2v) is 66.8. The predicted molar refractivity (Wildman–Crippen MR) is 505 cm³/mol. The van der Waals surface area contributed by atoms with E-state index in [-0.39, 0.29) is 32.7 Å². The molecule has 5 fully saturated rings. The average Bonchev–Trinajstić information content (AvgIpc) is 1.64. The molecule has 5 aliphatic rings. The first-order chi connectivity index (χ1) is 61.9. The zero-order valence-corrected chi connectivity index (χ0v) is 86.6. The highest BCUT2D eigenvalue weighted by Gasteiger charge is 2.60. The van der Waals surface area contributed by atoms with Crippen molar-refractivity contribution >= 4 is 71.2 Å². The summed E-state index contributed by atoms with van der Waals surface area (Å²) in [4.78, 5) is 224. The minimum Gasteiger partial charge on any atom is -0.466 e. The van der Waals surface area contributed by atoms with E-state index in [0.29, 0.717) is 0 Å². The van der Waals surface area contributed by atoms with Gasteiger partial charge in [-0.05, 0) is 103 Å². The van der Waals surface area contributed by atoms with E-state index in [1.807, 2.05) is 169 Å². The van der Waals surface area contributed by atoms with Gasteiger partial charge in [-0.3, -0.25) is 95.7 Å². The number of hydrogen-bond donors (Lipinski definition) is 9. The number of esters is 1. The third-order valence-corrected chi connectivity index (χ3v) is 51.1. The summed E-state index contributed by atoms with van der Waals surface area (Å²) < 4.78 is 81.0. The molecule has 48 heteroatoms. The number of rotatable bonds is 35. The zero-order chi connectivity index (χ0) is 99.8. The molecule has 20 atom stereocenters. The number of nitrogens with zero attached hydrogens (tertiary/aromatic N) is 8. The number of hydrogen-bond acceptors (Lipinski definition) is 27. The van der Waals surface area contributed by atoms with Crippen molar-refractivity contribution in [2.75, 3.05) is 39.3 Å².